The number of hydrogen-bond donors (Lipinski definition) is 2. The summed E-state index contributed by atoms with van der Waals surface area (Å²) in [6, 6.07) is 5.16. The van der Waals surface area contributed by atoms with Crippen molar-refractivity contribution in [1.29, 1.82) is 0 Å². The Labute approximate surface area is 189 Å². The van der Waals surface area contributed by atoms with Crippen molar-refractivity contribution in [1.82, 2.24) is 20.4 Å². The predicted octanol–water partition coefficient (Wildman–Crippen LogP) is 3.41. The summed E-state index contributed by atoms with van der Waals surface area (Å²) in [5, 5.41) is 6.48. The molecule has 0 atom stereocenters. The van der Waals surface area contributed by atoms with E-state index in [2.05, 4.69) is 32.5 Å². The van der Waals surface area contributed by atoms with E-state index in [1.807, 2.05) is 6.92 Å². The fourth-order valence-corrected chi connectivity index (χ4v) is 3.05. The van der Waals surface area contributed by atoms with Gasteiger partial charge in [0.2, 0.25) is 0 Å². The molecule has 1 aliphatic heterocycles. The van der Waals surface area contributed by atoms with Crippen molar-refractivity contribution in [2.75, 3.05) is 52.9 Å². The maximum atomic E-state index is 12.6. The van der Waals surface area contributed by atoms with E-state index in [1.54, 1.807) is 0 Å². The van der Waals surface area contributed by atoms with Gasteiger partial charge in [-0.15, -0.1) is 24.0 Å². The van der Waals surface area contributed by atoms with Crippen LogP contribution in [0.25, 0.3) is 0 Å². The number of piperazine rings is 1. The summed E-state index contributed by atoms with van der Waals surface area (Å²) in [7, 11) is 2.16. The zero-order chi connectivity index (χ0) is 20.4. The molecule has 0 bridgehead atoms. The lowest BCUT2D eigenvalue weighted by atomic mass is 10.1. The molecule has 1 aliphatic rings. The summed E-state index contributed by atoms with van der Waals surface area (Å²) >= 11 is 0. The highest BCUT2D eigenvalue weighted by atomic mass is 127. The maximum absolute atomic E-state index is 12.6. The van der Waals surface area contributed by atoms with Gasteiger partial charge in [0, 0.05) is 39.3 Å². The van der Waals surface area contributed by atoms with Gasteiger partial charge in [-0.05, 0) is 51.1 Å². The van der Waals surface area contributed by atoms with Crippen LogP contribution in [0.2, 0.25) is 0 Å². The molecule has 0 aliphatic carbocycles. The molecule has 0 amide bonds. The Morgan fingerprint density at radius 1 is 1.03 bits per heavy atom. The molecule has 2 rings (SSSR count). The summed E-state index contributed by atoms with van der Waals surface area (Å²) in [4.78, 5) is 9.33. The van der Waals surface area contributed by atoms with E-state index < -0.39 is 11.7 Å². The molecule has 0 saturated carbocycles. The minimum Gasteiger partial charge on any atom is -0.357 e. The van der Waals surface area contributed by atoms with Crippen LogP contribution < -0.4 is 10.6 Å². The van der Waals surface area contributed by atoms with Crippen LogP contribution in [0.15, 0.2) is 29.3 Å². The molecule has 0 spiro atoms. The van der Waals surface area contributed by atoms with Gasteiger partial charge < -0.3 is 20.4 Å². The smallest absolute Gasteiger partial charge is 0.357 e. The topological polar surface area (TPSA) is 42.9 Å². The third-order valence-corrected chi connectivity index (χ3v) is 4.83. The van der Waals surface area contributed by atoms with Crippen molar-refractivity contribution >= 4 is 29.9 Å². The number of nitrogens with one attached hydrogen (secondary N) is 2. The Morgan fingerprint density at radius 2 is 1.69 bits per heavy atom. The molecule has 1 saturated heterocycles. The Hall–Kier alpha value is -1.07. The molecule has 1 heterocycles. The molecule has 1 aromatic carbocycles. The van der Waals surface area contributed by atoms with Gasteiger partial charge in [0.1, 0.15) is 0 Å². The molecular formula is C20H33F3IN5. The summed E-state index contributed by atoms with van der Waals surface area (Å²) in [5.41, 5.74) is 0.117. The average molecular weight is 527 g/mol. The second kappa shape index (κ2) is 13.3. The van der Waals surface area contributed by atoms with Crippen LogP contribution in [0.1, 0.15) is 30.9 Å². The number of unbranched alkanes of at least 4 members (excludes halogenated alkanes) is 1. The third kappa shape index (κ3) is 9.99. The molecule has 29 heavy (non-hydrogen) atoms. The largest absolute Gasteiger partial charge is 0.416 e. The Morgan fingerprint density at radius 3 is 2.28 bits per heavy atom. The number of nitrogens with zero attached hydrogens (tertiary/aromatic N) is 3. The number of hydrogen-bond acceptors (Lipinski definition) is 3. The van der Waals surface area contributed by atoms with Gasteiger partial charge >= 0.3 is 6.18 Å². The first-order chi connectivity index (χ1) is 13.4. The Balaban J connectivity index is 0.00000420. The SMILES string of the molecule is CCNC(=NCc1ccc(C(F)(F)F)cc1)NCCCCN1CCN(C)CC1.I. The lowest BCUT2D eigenvalue weighted by Crippen LogP contribution is -2.44. The van der Waals surface area contributed by atoms with Gasteiger partial charge in [0.25, 0.3) is 0 Å². The first kappa shape index (κ1) is 26.0. The van der Waals surface area contributed by atoms with E-state index in [0.29, 0.717) is 12.5 Å². The molecule has 1 fully saturated rings. The van der Waals surface area contributed by atoms with Crippen LogP contribution in [-0.2, 0) is 12.7 Å². The molecule has 2 N–H and O–H groups in total. The van der Waals surface area contributed by atoms with E-state index in [-0.39, 0.29) is 24.0 Å². The van der Waals surface area contributed by atoms with Gasteiger partial charge in [-0.25, -0.2) is 4.99 Å². The lowest BCUT2D eigenvalue weighted by molar-refractivity contribution is -0.137. The number of likely N-dealkylation sites (N-methyl/N-ethyl adjacent to an activating group) is 1. The summed E-state index contributed by atoms with van der Waals surface area (Å²) in [6.07, 6.45) is -2.12. The number of aliphatic imine (C=N–C) groups is 1. The quantitative estimate of drug-likeness (QED) is 0.236. The van der Waals surface area contributed by atoms with Gasteiger partial charge in [0.15, 0.2) is 5.96 Å². The molecule has 0 radical (unpaired) electrons. The zero-order valence-corrected chi connectivity index (χ0v) is 19.6. The monoisotopic (exact) mass is 527 g/mol. The first-order valence-corrected chi connectivity index (χ1v) is 9.97. The first-order valence-electron chi connectivity index (χ1n) is 9.97. The highest BCUT2D eigenvalue weighted by Gasteiger charge is 2.29. The third-order valence-electron chi connectivity index (χ3n) is 4.83. The highest BCUT2D eigenvalue weighted by molar-refractivity contribution is 14.0. The van der Waals surface area contributed by atoms with Gasteiger partial charge in [-0.2, -0.15) is 13.2 Å². The molecule has 0 unspecified atom stereocenters. The predicted molar refractivity (Wildman–Crippen MR) is 123 cm³/mol. The Bertz CT molecular complexity index is 599. The second-order valence-electron chi connectivity index (χ2n) is 7.17. The Kier molecular flexibility index (Phi) is 11.9. The molecule has 9 heteroatoms. The number of alkyl halides is 3. The fourth-order valence-electron chi connectivity index (χ4n) is 3.05. The van der Waals surface area contributed by atoms with Crippen molar-refractivity contribution in [2.24, 2.45) is 4.99 Å². The van der Waals surface area contributed by atoms with E-state index in [9.17, 15) is 13.2 Å². The van der Waals surface area contributed by atoms with Crippen molar-refractivity contribution in [2.45, 2.75) is 32.5 Å². The van der Waals surface area contributed by atoms with Crippen molar-refractivity contribution in [3.05, 3.63) is 35.4 Å². The van der Waals surface area contributed by atoms with E-state index in [1.165, 1.54) is 12.1 Å². The molecule has 5 nitrogen and oxygen atoms in total. The van der Waals surface area contributed by atoms with Crippen LogP contribution in [-0.4, -0.2) is 68.6 Å². The molecular weight excluding hydrogens is 494 g/mol. The van der Waals surface area contributed by atoms with Crippen LogP contribution in [0.4, 0.5) is 13.2 Å². The normalized spacial score (nSPS) is 16.4. The summed E-state index contributed by atoms with van der Waals surface area (Å²) < 4.78 is 37.9. The van der Waals surface area contributed by atoms with Gasteiger partial charge in [-0.1, -0.05) is 12.1 Å². The van der Waals surface area contributed by atoms with Crippen molar-refractivity contribution < 1.29 is 13.2 Å². The van der Waals surface area contributed by atoms with Gasteiger partial charge in [-0.3, -0.25) is 0 Å². The van der Waals surface area contributed by atoms with Crippen LogP contribution in [0.3, 0.4) is 0 Å². The number of guanidine groups is 1. The van der Waals surface area contributed by atoms with Crippen molar-refractivity contribution in [3.63, 3.8) is 0 Å². The highest BCUT2D eigenvalue weighted by Crippen LogP contribution is 2.29. The number of rotatable bonds is 8. The van der Waals surface area contributed by atoms with Gasteiger partial charge in [0.05, 0.1) is 12.1 Å². The van der Waals surface area contributed by atoms with Crippen LogP contribution in [0.5, 0.6) is 0 Å². The summed E-state index contributed by atoms with van der Waals surface area (Å²) in [5.74, 6) is 0.696. The zero-order valence-electron chi connectivity index (χ0n) is 17.3. The van der Waals surface area contributed by atoms with Crippen LogP contribution >= 0.6 is 24.0 Å². The van der Waals surface area contributed by atoms with E-state index in [4.69, 9.17) is 0 Å². The standard InChI is InChI=1S/C20H32F3N5.HI/c1-3-24-19(25-10-4-5-11-28-14-12-27(2)13-15-28)26-16-17-6-8-18(9-7-17)20(21,22)23;/h6-9H,3-5,10-16H2,1-2H3,(H2,24,25,26);1H. The number of halogens is 4. The number of benzene rings is 1. The second-order valence-corrected chi connectivity index (χ2v) is 7.17. The van der Waals surface area contributed by atoms with E-state index >= 15 is 0 Å². The molecule has 166 valence electrons. The molecule has 0 aromatic heterocycles. The van der Waals surface area contributed by atoms with Crippen LogP contribution in [0, 0.1) is 0 Å². The minimum atomic E-state index is -4.30. The average Bonchev–Trinajstić information content (AvgIpc) is 2.67. The minimum absolute atomic E-state index is 0. The van der Waals surface area contributed by atoms with E-state index in [0.717, 1.165) is 76.4 Å². The summed E-state index contributed by atoms with van der Waals surface area (Å²) in [6.45, 7) is 9.57. The fraction of sp³-hybridized carbons (Fsp3) is 0.650. The lowest BCUT2D eigenvalue weighted by Gasteiger charge is -2.32. The molecule has 1 aromatic rings. The van der Waals surface area contributed by atoms with Crippen molar-refractivity contribution in [3.8, 4) is 0 Å². The maximum Gasteiger partial charge on any atom is 0.416 e.